The van der Waals surface area contributed by atoms with Crippen molar-refractivity contribution in [2.45, 2.75) is 18.7 Å². The SMILES string of the molecule is CCOc1ccc(N(CC(=O)Nc2cc(Cl)ccc2Oc2ccccc2)S(=O)(=O)c2ccc(C)cc2)cc1. The molecule has 0 spiro atoms. The minimum Gasteiger partial charge on any atom is -0.494 e. The molecule has 9 heteroatoms. The van der Waals surface area contributed by atoms with Gasteiger partial charge in [-0.05, 0) is 80.6 Å². The predicted molar refractivity (Wildman–Crippen MR) is 150 cm³/mol. The van der Waals surface area contributed by atoms with Crippen molar-refractivity contribution in [1.29, 1.82) is 0 Å². The molecule has 0 aromatic heterocycles. The molecule has 196 valence electrons. The summed E-state index contributed by atoms with van der Waals surface area (Å²) in [6.07, 6.45) is 0. The molecule has 0 bridgehead atoms. The van der Waals surface area contributed by atoms with E-state index in [1.54, 1.807) is 66.7 Å². The minimum atomic E-state index is -4.08. The van der Waals surface area contributed by atoms with Crippen LogP contribution >= 0.6 is 11.6 Å². The minimum absolute atomic E-state index is 0.0700. The van der Waals surface area contributed by atoms with Crippen LogP contribution in [0.15, 0.2) is 102 Å². The first kappa shape index (κ1) is 27.0. The fraction of sp³-hybridized carbons (Fsp3) is 0.138. The van der Waals surface area contributed by atoms with E-state index < -0.39 is 22.5 Å². The van der Waals surface area contributed by atoms with Gasteiger partial charge in [-0.3, -0.25) is 9.10 Å². The van der Waals surface area contributed by atoms with Gasteiger partial charge in [0.15, 0.2) is 5.75 Å². The number of hydrogen-bond acceptors (Lipinski definition) is 5. The average Bonchev–Trinajstić information content (AvgIpc) is 2.90. The van der Waals surface area contributed by atoms with Crippen molar-refractivity contribution >= 4 is 38.9 Å². The van der Waals surface area contributed by atoms with Gasteiger partial charge in [-0.15, -0.1) is 0 Å². The summed E-state index contributed by atoms with van der Waals surface area (Å²) in [4.78, 5) is 13.3. The van der Waals surface area contributed by atoms with E-state index in [1.165, 1.54) is 12.1 Å². The van der Waals surface area contributed by atoms with Gasteiger partial charge in [-0.1, -0.05) is 47.5 Å². The van der Waals surface area contributed by atoms with Crippen LogP contribution in [0.2, 0.25) is 5.02 Å². The molecule has 0 radical (unpaired) electrons. The molecular weight excluding hydrogens is 524 g/mol. The second-order valence-corrected chi connectivity index (χ2v) is 10.7. The third-order valence-electron chi connectivity index (χ3n) is 5.52. The van der Waals surface area contributed by atoms with E-state index in [-0.39, 0.29) is 4.90 Å². The van der Waals surface area contributed by atoms with Crippen LogP contribution in [-0.4, -0.2) is 27.5 Å². The highest BCUT2D eigenvalue weighted by Crippen LogP contribution is 2.32. The number of aryl methyl sites for hydroxylation is 1. The summed E-state index contributed by atoms with van der Waals surface area (Å²) in [7, 11) is -4.08. The van der Waals surface area contributed by atoms with E-state index in [4.69, 9.17) is 21.1 Å². The summed E-state index contributed by atoms with van der Waals surface area (Å²) in [5, 5.41) is 3.14. The maximum atomic E-state index is 13.7. The van der Waals surface area contributed by atoms with Crippen LogP contribution in [0.25, 0.3) is 0 Å². The first-order chi connectivity index (χ1) is 18.3. The van der Waals surface area contributed by atoms with Crippen molar-refractivity contribution in [2.24, 2.45) is 0 Å². The first-order valence-corrected chi connectivity index (χ1v) is 13.7. The monoisotopic (exact) mass is 550 g/mol. The van der Waals surface area contributed by atoms with Gasteiger partial charge in [0.2, 0.25) is 5.91 Å². The lowest BCUT2D eigenvalue weighted by molar-refractivity contribution is -0.114. The van der Waals surface area contributed by atoms with E-state index in [2.05, 4.69) is 5.32 Å². The third kappa shape index (κ3) is 6.65. The van der Waals surface area contributed by atoms with Gasteiger partial charge < -0.3 is 14.8 Å². The highest BCUT2D eigenvalue weighted by atomic mass is 35.5. The highest BCUT2D eigenvalue weighted by molar-refractivity contribution is 7.92. The van der Waals surface area contributed by atoms with Gasteiger partial charge in [0, 0.05) is 5.02 Å². The molecule has 38 heavy (non-hydrogen) atoms. The second kappa shape index (κ2) is 12.0. The van der Waals surface area contributed by atoms with Crippen molar-refractivity contribution in [2.75, 3.05) is 22.8 Å². The Bertz CT molecular complexity index is 1490. The Kier molecular flexibility index (Phi) is 8.55. The van der Waals surface area contributed by atoms with Crippen LogP contribution in [0.1, 0.15) is 12.5 Å². The largest absolute Gasteiger partial charge is 0.494 e. The molecule has 4 aromatic carbocycles. The summed E-state index contributed by atoms with van der Waals surface area (Å²) in [6, 6.07) is 26.9. The number of para-hydroxylation sites is 1. The number of anilines is 2. The lowest BCUT2D eigenvalue weighted by Gasteiger charge is -2.24. The molecule has 0 aliphatic rings. The Morgan fingerprint density at radius 3 is 2.24 bits per heavy atom. The van der Waals surface area contributed by atoms with Crippen molar-refractivity contribution in [1.82, 2.24) is 0 Å². The van der Waals surface area contributed by atoms with Crippen LogP contribution in [-0.2, 0) is 14.8 Å². The van der Waals surface area contributed by atoms with Crippen LogP contribution in [0.5, 0.6) is 17.2 Å². The molecule has 1 N–H and O–H groups in total. The fourth-order valence-electron chi connectivity index (χ4n) is 3.65. The molecule has 0 saturated carbocycles. The van der Waals surface area contributed by atoms with Crippen LogP contribution in [0.3, 0.4) is 0 Å². The number of hydrogen-bond donors (Lipinski definition) is 1. The van der Waals surface area contributed by atoms with Gasteiger partial charge in [0.05, 0.1) is 22.9 Å². The summed E-state index contributed by atoms with van der Waals surface area (Å²) < 4.78 is 39.8. The number of halogens is 1. The molecule has 7 nitrogen and oxygen atoms in total. The van der Waals surface area contributed by atoms with Gasteiger partial charge >= 0.3 is 0 Å². The van der Waals surface area contributed by atoms with E-state index in [1.807, 2.05) is 32.0 Å². The molecule has 0 aliphatic carbocycles. The van der Waals surface area contributed by atoms with Crippen molar-refractivity contribution in [3.63, 3.8) is 0 Å². The molecule has 0 atom stereocenters. The lowest BCUT2D eigenvalue weighted by atomic mass is 10.2. The Morgan fingerprint density at radius 2 is 1.58 bits per heavy atom. The maximum absolute atomic E-state index is 13.7. The topological polar surface area (TPSA) is 84.9 Å². The molecule has 0 unspecified atom stereocenters. The summed E-state index contributed by atoms with van der Waals surface area (Å²) >= 11 is 6.19. The average molecular weight is 551 g/mol. The second-order valence-electron chi connectivity index (χ2n) is 8.36. The summed E-state index contributed by atoms with van der Waals surface area (Å²) in [5.41, 5.74) is 1.54. The Balaban J connectivity index is 1.64. The molecule has 4 rings (SSSR count). The number of nitrogens with zero attached hydrogens (tertiary/aromatic N) is 1. The normalized spacial score (nSPS) is 11.0. The highest BCUT2D eigenvalue weighted by Gasteiger charge is 2.27. The zero-order chi connectivity index (χ0) is 27.1. The lowest BCUT2D eigenvalue weighted by Crippen LogP contribution is -2.38. The number of ether oxygens (including phenoxy) is 2. The van der Waals surface area contributed by atoms with Gasteiger partial charge in [0.25, 0.3) is 10.0 Å². The number of nitrogens with one attached hydrogen (secondary N) is 1. The number of carbonyl (C=O) groups excluding carboxylic acids is 1. The van der Waals surface area contributed by atoms with E-state index in [0.717, 1.165) is 9.87 Å². The maximum Gasteiger partial charge on any atom is 0.264 e. The number of benzene rings is 4. The van der Waals surface area contributed by atoms with Crippen LogP contribution in [0, 0.1) is 6.92 Å². The summed E-state index contributed by atoms with van der Waals surface area (Å²) in [5.74, 6) is 0.955. The zero-order valence-corrected chi connectivity index (χ0v) is 22.5. The molecule has 1 amide bonds. The van der Waals surface area contributed by atoms with E-state index in [9.17, 15) is 13.2 Å². The predicted octanol–water partition coefficient (Wildman–Crippen LogP) is 6.67. The Hall–Kier alpha value is -4.01. The van der Waals surface area contributed by atoms with Gasteiger partial charge in [-0.2, -0.15) is 0 Å². The fourth-order valence-corrected chi connectivity index (χ4v) is 5.25. The smallest absolute Gasteiger partial charge is 0.264 e. The zero-order valence-electron chi connectivity index (χ0n) is 20.9. The number of amides is 1. The first-order valence-electron chi connectivity index (χ1n) is 11.9. The van der Waals surface area contributed by atoms with Gasteiger partial charge in [0.1, 0.15) is 18.0 Å². The van der Waals surface area contributed by atoms with E-state index in [0.29, 0.717) is 40.3 Å². The Morgan fingerprint density at radius 1 is 0.895 bits per heavy atom. The molecular formula is C29H27ClN2O5S. The molecule has 0 fully saturated rings. The molecule has 0 aliphatic heterocycles. The van der Waals surface area contributed by atoms with Crippen molar-refractivity contribution < 1.29 is 22.7 Å². The standard InChI is InChI=1S/C29H27ClN2O5S/c1-3-36-24-14-12-23(13-15-24)32(38(34,35)26-16-9-21(2)10-17-26)20-29(33)31-27-19-22(30)11-18-28(27)37-25-7-5-4-6-8-25/h4-19H,3,20H2,1-2H3,(H,31,33). The molecule has 0 heterocycles. The number of sulfonamides is 1. The molecule has 0 saturated heterocycles. The number of rotatable bonds is 10. The van der Waals surface area contributed by atoms with E-state index >= 15 is 0 Å². The van der Waals surface area contributed by atoms with Crippen LogP contribution < -0.4 is 19.1 Å². The van der Waals surface area contributed by atoms with Crippen LogP contribution in [0.4, 0.5) is 11.4 Å². The Labute approximate surface area is 227 Å². The molecule has 4 aromatic rings. The van der Waals surface area contributed by atoms with Crippen molar-refractivity contribution in [3.8, 4) is 17.2 Å². The van der Waals surface area contributed by atoms with Gasteiger partial charge in [-0.25, -0.2) is 8.42 Å². The van der Waals surface area contributed by atoms with Crippen molar-refractivity contribution in [3.05, 3.63) is 108 Å². The summed E-state index contributed by atoms with van der Waals surface area (Å²) in [6.45, 7) is 3.72. The quantitative estimate of drug-likeness (QED) is 0.238. The third-order valence-corrected chi connectivity index (χ3v) is 7.54. The number of carbonyl (C=O) groups is 1.